The fourth-order valence-electron chi connectivity index (χ4n) is 2.78. The van der Waals surface area contributed by atoms with E-state index in [1.54, 1.807) is 6.20 Å². The summed E-state index contributed by atoms with van der Waals surface area (Å²) in [6.45, 7) is 4.01. The van der Waals surface area contributed by atoms with Crippen LogP contribution in [0.5, 0.6) is 0 Å². The minimum Gasteiger partial charge on any atom is -0.441 e. The van der Waals surface area contributed by atoms with Crippen LogP contribution in [0.15, 0.2) is 34.9 Å². The Labute approximate surface area is 146 Å². The molecule has 1 unspecified atom stereocenters. The highest BCUT2D eigenvalue weighted by atomic mass is 35.5. The van der Waals surface area contributed by atoms with Crippen molar-refractivity contribution in [2.45, 2.75) is 32.3 Å². The van der Waals surface area contributed by atoms with Crippen molar-refractivity contribution in [3.63, 3.8) is 0 Å². The number of hydrogen-bond donors (Lipinski definition) is 0. The van der Waals surface area contributed by atoms with Crippen LogP contribution >= 0.6 is 11.6 Å². The second kappa shape index (κ2) is 7.81. The van der Waals surface area contributed by atoms with E-state index in [9.17, 15) is 4.79 Å². The number of benzene rings is 1. The van der Waals surface area contributed by atoms with Gasteiger partial charge in [-0.05, 0) is 18.6 Å². The molecule has 128 valence electrons. The molecule has 1 saturated heterocycles. The fourth-order valence-corrected chi connectivity index (χ4v) is 3.01. The first-order valence-electron chi connectivity index (χ1n) is 8.26. The Balaban J connectivity index is 1.57. The van der Waals surface area contributed by atoms with Gasteiger partial charge in [0.1, 0.15) is 0 Å². The summed E-state index contributed by atoms with van der Waals surface area (Å²) in [6, 6.07) is 7.46. The van der Waals surface area contributed by atoms with Crippen LogP contribution in [0, 0.1) is 0 Å². The number of morpholine rings is 1. The molecule has 1 aromatic carbocycles. The lowest BCUT2D eigenvalue weighted by atomic mass is 10.2. The molecular weight excluding hydrogens is 328 g/mol. The molecule has 24 heavy (non-hydrogen) atoms. The smallest absolute Gasteiger partial charge is 0.223 e. The van der Waals surface area contributed by atoms with Gasteiger partial charge in [0.2, 0.25) is 5.91 Å². The second-order valence-corrected chi connectivity index (χ2v) is 6.25. The minimum atomic E-state index is 0.120. The van der Waals surface area contributed by atoms with Crippen LogP contribution < -0.4 is 0 Å². The molecule has 0 radical (unpaired) electrons. The van der Waals surface area contributed by atoms with Gasteiger partial charge in [-0.2, -0.15) is 0 Å². The molecule has 2 heterocycles. The number of aromatic nitrogens is 1. The first-order chi connectivity index (χ1) is 11.7. The van der Waals surface area contributed by atoms with Crippen LogP contribution in [0.2, 0.25) is 5.02 Å². The highest BCUT2D eigenvalue weighted by Gasteiger charge is 2.23. The molecule has 1 atom stereocenters. The number of halogens is 1. The number of hydrogen-bond acceptors (Lipinski definition) is 4. The zero-order valence-electron chi connectivity index (χ0n) is 13.7. The first kappa shape index (κ1) is 17.0. The topological polar surface area (TPSA) is 55.6 Å². The predicted molar refractivity (Wildman–Crippen MR) is 91.9 cm³/mol. The van der Waals surface area contributed by atoms with E-state index in [4.69, 9.17) is 20.8 Å². The first-order valence-corrected chi connectivity index (χ1v) is 8.64. The van der Waals surface area contributed by atoms with Gasteiger partial charge < -0.3 is 14.1 Å². The van der Waals surface area contributed by atoms with Gasteiger partial charge in [0.25, 0.3) is 0 Å². The molecule has 1 amide bonds. The zero-order valence-corrected chi connectivity index (χ0v) is 14.5. The second-order valence-electron chi connectivity index (χ2n) is 5.84. The van der Waals surface area contributed by atoms with Crippen molar-refractivity contribution >= 4 is 17.5 Å². The standard InChI is InChI=1S/C18H21ClN2O3/c1-2-13-12-21(9-10-23-13)18(22)8-7-17-20-11-16(24-17)14-5-3-4-6-15(14)19/h3-6,11,13H,2,7-10,12H2,1H3. The molecular formula is C18H21ClN2O3. The van der Waals surface area contributed by atoms with Gasteiger partial charge in [-0.1, -0.05) is 30.7 Å². The van der Waals surface area contributed by atoms with Crippen molar-refractivity contribution in [2.24, 2.45) is 0 Å². The minimum absolute atomic E-state index is 0.120. The average Bonchev–Trinajstić information content (AvgIpc) is 3.09. The van der Waals surface area contributed by atoms with E-state index < -0.39 is 0 Å². The Morgan fingerprint density at radius 1 is 1.42 bits per heavy atom. The average molecular weight is 349 g/mol. The fraction of sp³-hybridized carbons (Fsp3) is 0.444. The number of oxazole rings is 1. The van der Waals surface area contributed by atoms with Crippen molar-refractivity contribution < 1.29 is 13.9 Å². The Bertz CT molecular complexity index is 701. The molecule has 1 aliphatic heterocycles. The van der Waals surface area contributed by atoms with E-state index in [1.165, 1.54) is 0 Å². The van der Waals surface area contributed by atoms with E-state index in [0.29, 0.717) is 49.2 Å². The normalized spacial score (nSPS) is 17.9. The summed E-state index contributed by atoms with van der Waals surface area (Å²) in [5.41, 5.74) is 0.809. The summed E-state index contributed by atoms with van der Waals surface area (Å²) >= 11 is 6.16. The van der Waals surface area contributed by atoms with Crippen LogP contribution in [0.3, 0.4) is 0 Å². The molecule has 1 aliphatic rings. The van der Waals surface area contributed by atoms with Crippen LogP contribution in [0.4, 0.5) is 0 Å². The number of nitrogens with zero attached hydrogens (tertiary/aromatic N) is 2. The van der Waals surface area contributed by atoms with Crippen LogP contribution in [-0.4, -0.2) is 41.6 Å². The Hall–Kier alpha value is -1.85. The maximum atomic E-state index is 12.3. The van der Waals surface area contributed by atoms with Crippen molar-refractivity contribution in [1.82, 2.24) is 9.88 Å². The van der Waals surface area contributed by atoms with Gasteiger partial charge in [-0.15, -0.1) is 0 Å². The van der Waals surface area contributed by atoms with E-state index in [-0.39, 0.29) is 12.0 Å². The molecule has 2 aromatic rings. The Morgan fingerprint density at radius 2 is 2.25 bits per heavy atom. The lowest BCUT2D eigenvalue weighted by molar-refractivity contribution is -0.138. The Morgan fingerprint density at radius 3 is 3.04 bits per heavy atom. The van der Waals surface area contributed by atoms with Gasteiger partial charge in [0.05, 0.1) is 23.9 Å². The molecule has 0 bridgehead atoms. The molecule has 1 fully saturated rings. The lowest BCUT2D eigenvalue weighted by Crippen LogP contribution is -2.45. The molecule has 6 heteroatoms. The number of amides is 1. The van der Waals surface area contributed by atoms with Crippen molar-refractivity contribution in [3.8, 4) is 11.3 Å². The number of rotatable bonds is 5. The maximum Gasteiger partial charge on any atom is 0.223 e. The van der Waals surface area contributed by atoms with Crippen molar-refractivity contribution in [1.29, 1.82) is 0 Å². The highest BCUT2D eigenvalue weighted by molar-refractivity contribution is 6.33. The van der Waals surface area contributed by atoms with Gasteiger partial charge in [-0.3, -0.25) is 4.79 Å². The summed E-state index contributed by atoms with van der Waals surface area (Å²) in [5.74, 6) is 1.30. The summed E-state index contributed by atoms with van der Waals surface area (Å²) in [6.07, 6.45) is 3.60. The maximum absolute atomic E-state index is 12.3. The molecule has 1 aromatic heterocycles. The van der Waals surface area contributed by atoms with E-state index >= 15 is 0 Å². The summed E-state index contributed by atoms with van der Waals surface area (Å²) < 4.78 is 11.3. The quantitative estimate of drug-likeness (QED) is 0.829. The van der Waals surface area contributed by atoms with Crippen LogP contribution in [0.25, 0.3) is 11.3 Å². The number of aryl methyl sites for hydroxylation is 1. The number of carbonyl (C=O) groups is 1. The van der Waals surface area contributed by atoms with E-state index in [2.05, 4.69) is 11.9 Å². The molecule has 0 N–H and O–H groups in total. The van der Waals surface area contributed by atoms with Gasteiger partial charge in [0, 0.05) is 31.5 Å². The Kier molecular flexibility index (Phi) is 5.53. The largest absolute Gasteiger partial charge is 0.441 e. The summed E-state index contributed by atoms with van der Waals surface area (Å²) in [5, 5.41) is 0.621. The third kappa shape index (κ3) is 3.97. The molecule has 0 aliphatic carbocycles. The van der Waals surface area contributed by atoms with E-state index in [1.807, 2.05) is 29.2 Å². The molecule has 3 rings (SSSR count). The van der Waals surface area contributed by atoms with Crippen LogP contribution in [-0.2, 0) is 16.0 Å². The van der Waals surface area contributed by atoms with E-state index in [0.717, 1.165) is 12.0 Å². The molecule has 0 spiro atoms. The van der Waals surface area contributed by atoms with Crippen molar-refractivity contribution in [3.05, 3.63) is 41.4 Å². The zero-order chi connectivity index (χ0) is 16.9. The number of ether oxygens (including phenoxy) is 1. The molecule has 5 nitrogen and oxygen atoms in total. The van der Waals surface area contributed by atoms with Gasteiger partial charge in [-0.25, -0.2) is 4.98 Å². The third-order valence-electron chi connectivity index (χ3n) is 4.19. The SMILES string of the molecule is CCC1CN(C(=O)CCc2ncc(-c3ccccc3Cl)o2)CCO1. The number of carbonyl (C=O) groups excluding carboxylic acids is 1. The lowest BCUT2D eigenvalue weighted by Gasteiger charge is -2.32. The highest BCUT2D eigenvalue weighted by Crippen LogP contribution is 2.28. The summed E-state index contributed by atoms with van der Waals surface area (Å²) in [7, 11) is 0. The molecule has 0 saturated carbocycles. The monoisotopic (exact) mass is 348 g/mol. The summed E-state index contributed by atoms with van der Waals surface area (Å²) in [4.78, 5) is 18.5. The predicted octanol–water partition coefficient (Wildman–Crippen LogP) is 3.57. The van der Waals surface area contributed by atoms with Crippen LogP contribution in [0.1, 0.15) is 25.7 Å². The van der Waals surface area contributed by atoms with Gasteiger partial charge in [0.15, 0.2) is 11.7 Å². The van der Waals surface area contributed by atoms with Gasteiger partial charge >= 0.3 is 0 Å². The van der Waals surface area contributed by atoms with Crippen molar-refractivity contribution in [2.75, 3.05) is 19.7 Å². The third-order valence-corrected chi connectivity index (χ3v) is 4.52.